The number of rotatable bonds is 4. The second-order valence-electron chi connectivity index (χ2n) is 7.79. The van der Waals surface area contributed by atoms with Crippen molar-refractivity contribution in [2.24, 2.45) is 0 Å². The lowest BCUT2D eigenvalue weighted by Gasteiger charge is -2.11. The molecule has 0 bridgehead atoms. The van der Waals surface area contributed by atoms with Gasteiger partial charge in [0, 0.05) is 16.5 Å². The third-order valence-electron chi connectivity index (χ3n) is 5.97. The van der Waals surface area contributed by atoms with Crippen molar-refractivity contribution < 1.29 is 9.47 Å². The lowest BCUT2D eigenvalue weighted by Crippen LogP contribution is -1.94. The molecule has 5 rings (SSSR count). The standard InChI is InChI=1S/C28H22N2O2/c1-18-14-19(17-29)4-11-24(18)20-5-7-21(8-6-20)30-27-12-9-22(31-2)15-25(27)26-16-23(32-3)10-13-28(26)30/h4-16H,1-3H3. The Morgan fingerprint density at radius 1 is 0.719 bits per heavy atom. The van der Waals surface area contributed by atoms with Gasteiger partial charge in [0.05, 0.1) is 36.9 Å². The summed E-state index contributed by atoms with van der Waals surface area (Å²) in [5.74, 6) is 1.65. The van der Waals surface area contributed by atoms with Crippen LogP contribution in [-0.4, -0.2) is 18.8 Å². The van der Waals surface area contributed by atoms with E-state index in [9.17, 15) is 0 Å². The van der Waals surface area contributed by atoms with E-state index in [2.05, 4.69) is 59.2 Å². The smallest absolute Gasteiger partial charge is 0.119 e. The largest absolute Gasteiger partial charge is 0.497 e. The van der Waals surface area contributed by atoms with Gasteiger partial charge in [-0.2, -0.15) is 5.26 Å². The van der Waals surface area contributed by atoms with Gasteiger partial charge in [-0.1, -0.05) is 18.2 Å². The highest BCUT2D eigenvalue weighted by molar-refractivity contribution is 6.10. The molecule has 0 aliphatic carbocycles. The summed E-state index contributed by atoms with van der Waals surface area (Å²) in [7, 11) is 3.37. The summed E-state index contributed by atoms with van der Waals surface area (Å²) in [6, 6.07) is 28.9. The summed E-state index contributed by atoms with van der Waals surface area (Å²) in [6.45, 7) is 2.04. The fraction of sp³-hybridized carbons (Fsp3) is 0.107. The Kier molecular flexibility index (Phi) is 4.80. The number of hydrogen-bond donors (Lipinski definition) is 0. The van der Waals surface area contributed by atoms with Crippen LogP contribution in [0.1, 0.15) is 11.1 Å². The van der Waals surface area contributed by atoms with Crippen LogP contribution in [-0.2, 0) is 0 Å². The lowest BCUT2D eigenvalue weighted by atomic mass is 9.98. The zero-order valence-electron chi connectivity index (χ0n) is 18.2. The molecule has 0 saturated heterocycles. The van der Waals surface area contributed by atoms with Crippen LogP contribution in [0.2, 0.25) is 0 Å². The summed E-state index contributed by atoms with van der Waals surface area (Å²) in [5.41, 5.74) is 7.32. The number of benzene rings is 4. The monoisotopic (exact) mass is 418 g/mol. The van der Waals surface area contributed by atoms with Gasteiger partial charge in [-0.25, -0.2) is 0 Å². The number of methoxy groups -OCH3 is 2. The van der Waals surface area contributed by atoms with Crippen LogP contribution in [0, 0.1) is 18.3 Å². The molecule has 0 unspecified atom stereocenters. The van der Waals surface area contributed by atoms with Crippen molar-refractivity contribution in [3.63, 3.8) is 0 Å². The van der Waals surface area contributed by atoms with Crippen molar-refractivity contribution in [3.05, 3.63) is 90.0 Å². The van der Waals surface area contributed by atoms with Crippen molar-refractivity contribution in [1.29, 1.82) is 5.26 Å². The molecule has 0 aliphatic rings. The molecule has 1 heterocycles. The van der Waals surface area contributed by atoms with Gasteiger partial charge in [-0.3, -0.25) is 0 Å². The fourth-order valence-corrected chi connectivity index (χ4v) is 4.36. The predicted octanol–water partition coefficient (Wildman–Crippen LogP) is 6.65. The SMILES string of the molecule is COc1ccc2c(c1)c1cc(OC)ccc1n2-c1ccc(-c2ccc(C#N)cc2C)cc1. The summed E-state index contributed by atoms with van der Waals surface area (Å²) >= 11 is 0. The molecular weight excluding hydrogens is 396 g/mol. The Morgan fingerprint density at radius 2 is 1.31 bits per heavy atom. The van der Waals surface area contributed by atoms with Gasteiger partial charge in [0.1, 0.15) is 11.5 Å². The maximum atomic E-state index is 9.14. The molecule has 0 radical (unpaired) electrons. The van der Waals surface area contributed by atoms with Crippen molar-refractivity contribution in [1.82, 2.24) is 4.57 Å². The first-order valence-corrected chi connectivity index (χ1v) is 10.4. The second kappa shape index (κ2) is 7.79. The lowest BCUT2D eigenvalue weighted by molar-refractivity contribution is 0.415. The average Bonchev–Trinajstić information content (AvgIpc) is 3.16. The molecule has 0 amide bonds. The molecular formula is C28H22N2O2. The maximum absolute atomic E-state index is 9.14. The van der Waals surface area contributed by atoms with Gasteiger partial charge in [0.15, 0.2) is 0 Å². The van der Waals surface area contributed by atoms with Crippen molar-refractivity contribution in [3.8, 4) is 34.4 Å². The molecule has 32 heavy (non-hydrogen) atoms. The number of hydrogen-bond acceptors (Lipinski definition) is 3. The summed E-state index contributed by atoms with van der Waals surface area (Å²) < 4.78 is 13.2. The van der Waals surface area contributed by atoms with E-state index in [1.807, 2.05) is 37.3 Å². The number of nitrogens with zero attached hydrogens (tertiary/aromatic N) is 2. The van der Waals surface area contributed by atoms with E-state index in [-0.39, 0.29) is 0 Å². The Morgan fingerprint density at radius 3 is 1.81 bits per heavy atom. The molecule has 0 fully saturated rings. The third-order valence-corrected chi connectivity index (χ3v) is 5.97. The molecule has 156 valence electrons. The molecule has 0 saturated carbocycles. The average molecular weight is 418 g/mol. The topological polar surface area (TPSA) is 47.2 Å². The van der Waals surface area contributed by atoms with E-state index < -0.39 is 0 Å². The summed E-state index contributed by atoms with van der Waals surface area (Å²) in [5, 5.41) is 11.4. The molecule has 1 aromatic heterocycles. The number of aromatic nitrogens is 1. The van der Waals surface area contributed by atoms with Gasteiger partial charge >= 0.3 is 0 Å². The number of fused-ring (bicyclic) bond motifs is 3. The van der Waals surface area contributed by atoms with Gasteiger partial charge < -0.3 is 14.0 Å². The minimum absolute atomic E-state index is 0.680. The predicted molar refractivity (Wildman–Crippen MR) is 129 cm³/mol. The van der Waals surface area contributed by atoms with E-state index in [0.29, 0.717) is 5.56 Å². The van der Waals surface area contributed by atoms with Crippen LogP contribution in [0.5, 0.6) is 11.5 Å². The van der Waals surface area contributed by atoms with Crippen LogP contribution >= 0.6 is 0 Å². The second-order valence-corrected chi connectivity index (χ2v) is 7.79. The van der Waals surface area contributed by atoms with Gasteiger partial charge in [0.25, 0.3) is 0 Å². The molecule has 5 aromatic rings. The minimum Gasteiger partial charge on any atom is -0.497 e. The van der Waals surface area contributed by atoms with Crippen LogP contribution in [0.4, 0.5) is 0 Å². The van der Waals surface area contributed by atoms with E-state index in [1.165, 1.54) is 0 Å². The molecule has 0 spiro atoms. The van der Waals surface area contributed by atoms with Crippen molar-refractivity contribution in [2.75, 3.05) is 14.2 Å². The summed E-state index contributed by atoms with van der Waals surface area (Å²) in [6.07, 6.45) is 0. The highest BCUT2D eigenvalue weighted by atomic mass is 16.5. The zero-order valence-corrected chi connectivity index (χ0v) is 18.2. The number of nitriles is 1. The summed E-state index contributed by atoms with van der Waals surface area (Å²) in [4.78, 5) is 0. The number of ether oxygens (including phenoxy) is 2. The van der Waals surface area contributed by atoms with E-state index in [0.717, 1.165) is 55.7 Å². The van der Waals surface area contributed by atoms with Crippen LogP contribution < -0.4 is 9.47 Å². The quantitative estimate of drug-likeness (QED) is 0.328. The molecule has 0 N–H and O–H groups in total. The first-order chi connectivity index (χ1) is 15.6. The molecule has 4 aromatic carbocycles. The first kappa shape index (κ1) is 19.7. The van der Waals surface area contributed by atoms with Gasteiger partial charge in [-0.05, 0) is 84.3 Å². The molecule has 4 nitrogen and oxygen atoms in total. The third kappa shape index (κ3) is 3.16. The van der Waals surface area contributed by atoms with Crippen molar-refractivity contribution >= 4 is 21.8 Å². The van der Waals surface area contributed by atoms with E-state index >= 15 is 0 Å². The normalized spacial score (nSPS) is 10.9. The van der Waals surface area contributed by atoms with Crippen molar-refractivity contribution in [2.45, 2.75) is 6.92 Å². The zero-order chi connectivity index (χ0) is 22.2. The Bertz CT molecular complexity index is 1440. The molecule has 0 atom stereocenters. The van der Waals surface area contributed by atoms with Gasteiger partial charge in [-0.15, -0.1) is 0 Å². The molecule has 4 heteroatoms. The van der Waals surface area contributed by atoms with E-state index in [1.54, 1.807) is 14.2 Å². The minimum atomic E-state index is 0.680. The Hall–Kier alpha value is -4.23. The van der Waals surface area contributed by atoms with E-state index in [4.69, 9.17) is 14.7 Å². The molecule has 0 aliphatic heterocycles. The Labute approximate surface area is 186 Å². The fourth-order valence-electron chi connectivity index (χ4n) is 4.36. The number of aryl methyl sites for hydroxylation is 1. The maximum Gasteiger partial charge on any atom is 0.119 e. The highest BCUT2D eigenvalue weighted by Gasteiger charge is 2.14. The van der Waals surface area contributed by atoms with Crippen LogP contribution in [0.15, 0.2) is 78.9 Å². The first-order valence-electron chi connectivity index (χ1n) is 10.4. The Balaban J connectivity index is 1.68. The van der Waals surface area contributed by atoms with Crippen LogP contribution in [0.3, 0.4) is 0 Å². The van der Waals surface area contributed by atoms with Gasteiger partial charge in [0.2, 0.25) is 0 Å². The van der Waals surface area contributed by atoms with Crippen LogP contribution in [0.25, 0.3) is 38.6 Å². The highest BCUT2D eigenvalue weighted by Crippen LogP contribution is 2.36.